The summed E-state index contributed by atoms with van der Waals surface area (Å²) in [4.78, 5) is 12.2. The zero-order valence-corrected chi connectivity index (χ0v) is 11.1. The van der Waals surface area contributed by atoms with Crippen LogP contribution in [0.2, 0.25) is 5.02 Å². The lowest BCUT2D eigenvalue weighted by molar-refractivity contribution is 0.102. The van der Waals surface area contributed by atoms with Gasteiger partial charge >= 0.3 is 0 Å². The third-order valence-electron chi connectivity index (χ3n) is 2.62. The first kappa shape index (κ1) is 13.2. The van der Waals surface area contributed by atoms with Gasteiger partial charge in [-0.2, -0.15) is 0 Å². The van der Waals surface area contributed by atoms with E-state index in [0.717, 1.165) is 0 Å². The molecule has 2 aromatic carbocycles. The lowest BCUT2D eigenvalue weighted by atomic mass is 10.1. The van der Waals surface area contributed by atoms with Gasteiger partial charge in [0.1, 0.15) is 5.75 Å². The predicted molar refractivity (Wildman–Crippen MR) is 76.8 cm³/mol. The summed E-state index contributed by atoms with van der Waals surface area (Å²) >= 11 is 5.85. The highest BCUT2D eigenvalue weighted by atomic mass is 35.5. The first-order valence-corrected chi connectivity index (χ1v) is 5.99. The number of methoxy groups -OCH3 is 1. The van der Waals surface area contributed by atoms with Crippen molar-refractivity contribution in [2.24, 2.45) is 0 Å². The molecule has 0 fully saturated rings. The van der Waals surface area contributed by atoms with Crippen LogP contribution in [0.3, 0.4) is 0 Å². The molecule has 0 saturated carbocycles. The van der Waals surface area contributed by atoms with Gasteiger partial charge in [-0.3, -0.25) is 4.79 Å². The van der Waals surface area contributed by atoms with Crippen LogP contribution in [-0.4, -0.2) is 13.0 Å². The van der Waals surface area contributed by atoms with E-state index in [1.165, 1.54) is 7.11 Å². The number of hydrogen-bond acceptors (Lipinski definition) is 3. The van der Waals surface area contributed by atoms with Crippen molar-refractivity contribution in [1.29, 1.82) is 0 Å². The number of para-hydroxylation sites is 2. The molecule has 2 aromatic rings. The van der Waals surface area contributed by atoms with E-state index in [9.17, 15) is 4.79 Å². The van der Waals surface area contributed by atoms with Crippen molar-refractivity contribution in [3.05, 3.63) is 53.1 Å². The Morgan fingerprint density at radius 2 is 2.00 bits per heavy atom. The van der Waals surface area contributed by atoms with E-state index in [-0.39, 0.29) is 5.91 Å². The molecule has 0 aliphatic rings. The summed E-state index contributed by atoms with van der Waals surface area (Å²) in [6, 6.07) is 11.9. The van der Waals surface area contributed by atoms with Gasteiger partial charge in [0, 0.05) is 5.02 Å². The Hall–Kier alpha value is -2.20. The molecule has 0 unspecified atom stereocenters. The van der Waals surface area contributed by atoms with Crippen LogP contribution in [0.1, 0.15) is 10.4 Å². The van der Waals surface area contributed by atoms with Crippen LogP contribution >= 0.6 is 11.6 Å². The fourth-order valence-corrected chi connectivity index (χ4v) is 1.82. The van der Waals surface area contributed by atoms with Gasteiger partial charge in [0.2, 0.25) is 0 Å². The zero-order chi connectivity index (χ0) is 13.8. The van der Waals surface area contributed by atoms with Crippen molar-refractivity contribution < 1.29 is 9.53 Å². The molecule has 0 atom stereocenters. The maximum Gasteiger partial charge on any atom is 0.259 e. The van der Waals surface area contributed by atoms with Crippen LogP contribution in [0, 0.1) is 0 Å². The first-order chi connectivity index (χ1) is 9.11. The molecule has 0 spiro atoms. The lowest BCUT2D eigenvalue weighted by Gasteiger charge is -2.11. The zero-order valence-electron chi connectivity index (χ0n) is 10.3. The molecule has 98 valence electrons. The van der Waals surface area contributed by atoms with Crippen molar-refractivity contribution in [2.45, 2.75) is 0 Å². The Balaban J connectivity index is 2.28. The number of ether oxygens (including phenoxy) is 1. The molecule has 0 radical (unpaired) electrons. The average Bonchev–Trinajstić information content (AvgIpc) is 2.41. The van der Waals surface area contributed by atoms with Crippen molar-refractivity contribution in [2.75, 3.05) is 18.2 Å². The molecule has 0 aromatic heterocycles. The third-order valence-corrected chi connectivity index (χ3v) is 2.85. The van der Waals surface area contributed by atoms with Crippen LogP contribution in [-0.2, 0) is 0 Å². The van der Waals surface area contributed by atoms with E-state index in [4.69, 9.17) is 22.1 Å². The van der Waals surface area contributed by atoms with Crippen LogP contribution in [0.15, 0.2) is 42.5 Å². The van der Waals surface area contributed by atoms with E-state index in [1.807, 2.05) is 0 Å². The molecule has 0 aliphatic heterocycles. The fourth-order valence-electron chi connectivity index (χ4n) is 1.65. The molecule has 0 bridgehead atoms. The maximum absolute atomic E-state index is 12.2. The number of halogens is 1. The smallest absolute Gasteiger partial charge is 0.259 e. The predicted octanol–water partition coefficient (Wildman–Crippen LogP) is 3.18. The quantitative estimate of drug-likeness (QED) is 0.846. The van der Waals surface area contributed by atoms with Crippen LogP contribution < -0.4 is 15.8 Å². The number of rotatable bonds is 3. The van der Waals surface area contributed by atoms with Crippen molar-refractivity contribution in [3.8, 4) is 5.75 Å². The number of nitrogens with two attached hydrogens (primary N) is 1. The van der Waals surface area contributed by atoms with Gasteiger partial charge in [0.25, 0.3) is 5.91 Å². The summed E-state index contributed by atoms with van der Waals surface area (Å²) in [5.74, 6) is 0.117. The second-order valence-electron chi connectivity index (χ2n) is 3.89. The monoisotopic (exact) mass is 276 g/mol. The summed E-state index contributed by atoms with van der Waals surface area (Å²) in [5.41, 5.74) is 7.24. The summed E-state index contributed by atoms with van der Waals surface area (Å²) in [6.45, 7) is 0. The molecule has 1 amide bonds. The molecular formula is C14H13ClN2O2. The second-order valence-corrected chi connectivity index (χ2v) is 4.32. The Kier molecular flexibility index (Phi) is 3.92. The fraction of sp³-hybridized carbons (Fsp3) is 0.0714. The summed E-state index contributed by atoms with van der Waals surface area (Å²) in [7, 11) is 1.49. The molecule has 0 heterocycles. The number of benzene rings is 2. The minimum Gasteiger partial charge on any atom is -0.496 e. The average molecular weight is 277 g/mol. The molecular weight excluding hydrogens is 264 g/mol. The van der Waals surface area contributed by atoms with E-state index in [0.29, 0.717) is 27.7 Å². The van der Waals surface area contributed by atoms with Gasteiger partial charge in [0.15, 0.2) is 0 Å². The van der Waals surface area contributed by atoms with Crippen molar-refractivity contribution in [1.82, 2.24) is 0 Å². The Bertz CT molecular complexity index is 614. The Labute approximate surface area is 116 Å². The molecule has 2 rings (SSSR count). The molecule has 0 saturated heterocycles. The topological polar surface area (TPSA) is 64.3 Å². The van der Waals surface area contributed by atoms with E-state index < -0.39 is 0 Å². The minimum atomic E-state index is -0.300. The highest BCUT2D eigenvalue weighted by molar-refractivity contribution is 6.31. The number of anilines is 2. The second kappa shape index (κ2) is 5.63. The Morgan fingerprint density at radius 3 is 2.68 bits per heavy atom. The Morgan fingerprint density at radius 1 is 1.26 bits per heavy atom. The highest BCUT2D eigenvalue weighted by Crippen LogP contribution is 2.25. The van der Waals surface area contributed by atoms with Crippen LogP contribution in [0.5, 0.6) is 5.75 Å². The van der Waals surface area contributed by atoms with E-state index >= 15 is 0 Å². The van der Waals surface area contributed by atoms with Gasteiger partial charge < -0.3 is 15.8 Å². The SMILES string of the molecule is COc1cc(Cl)ccc1C(=O)Nc1ccccc1N. The van der Waals surface area contributed by atoms with Gasteiger partial charge in [-0.15, -0.1) is 0 Å². The summed E-state index contributed by atoms with van der Waals surface area (Å²) in [5, 5.41) is 3.24. The van der Waals surface area contributed by atoms with E-state index in [2.05, 4.69) is 5.32 Å². The number of nitrogen functional groups attached to an aromatic ring is 1. The molecule has 3 N–H and O–H groups in total. The van der Waals surface area contributed by atoms with Gasteiger partial charge in [0.05, 0.1) is 24.0 Å². The van der Waals surface area contributed by atoms with Crippen molar-refractivity contribution >= 4 is 28.9 Å². The van der Waals surface area contributed by atoms with Gasteiger partial charge in [-0.25, -0.2) is 0 Å². The summed E-state index contributed by atoms with van der Waals surface area (Å²) in [6.07, 6.45) is 0. The minimum absolute atomic E-state index is 0.300. The number of carbonyl (C=O) groups excluding carboxylic acids is 1. The van der Waals surface area contributed by atoms with Gasteiger partial charge in [-0.05, 0) is 30.3 Å². The number of hydrogen-bond donors (Lipinski definition) is 2. The van der Waals surface area contributed by atoms with Crippen LogP contribution in [0.4, 0.5) is 11.4 Å². The standard InChI is InChI=1S/C14H13ClN2O2/c1-19-13-8-9(15)6-7-10(13)14(18)17-12-5-3-2-4-11(12)16/h2-8H,16H2,1H3,(H,17,18). The third kappa shape index (κ3) is 2.98. The lowest BCUT2D eigenvalue weighted by Crippen LogP contribution is -2.14. The number of amides is 1. The molecule has 19 heavy (non-hydrogen) atoms. The molecule has 5 heteroatoms. The van der Waals surface area contributed by atoms with Crippen molar-refractivity contribution in [3.63, 3.8) is 0 Å². The largest absolute Gasteiger partial charge is 0.496 e. The normalized spacial score (nSPS) is 10.0. The van der Waals surface area contributed by atoms with Crippen LogP contribution in [0.25, 0.3) is 0 Å². The molecule has 4 nitrogen and oxygen atoms in total. The molecule has 0 aliphatic carbocycles. The highest BCUT2D eigenvalue weighted by Gasteiger charge is 2.13. The van der Waals surface area contributed by atoms with E-state index in [1.54, 1.807) is 42.5 Å². The number of carbonyl (C=O) groups is 1. The maximum atomic E-state index is 12.2. The van der Waals surface area contributed by atoms with Gasteiger partial charge in [-0.1, -0.05) is 23.7 Å². The number of nitrogens with one attached hydrogen (secondary N) is 1. The first-order valence-electron chi connectivity index (χ1n) is 5.61. The summed E-state index contributed by atoms with van der Waals surface area (Å²) < 4.78 is 5.14.